The minimum atomic E-state index is -3.89. The van der Waals surface area contributed by atoms with Crippen LogP contribution >= 0.6 is 46.4 Å². The maximum atomic E-state index is 13.5. The van der Waals surface area contributed by atoms with Gasteiger partial charge in [0.2, 0.25) is 21.8 Å². The van der Waals surface area contributed by atoms with Crippen LogP contribution in [0.4, 0.5) is 5.69 Å². The lowest BCUT2D eigenvalue weighted by Crippen LogP contribution is -2.52. The second-order valence-corrected chi connectivity index (χ2v) is 11.7. The molecule has 0 aliphatic rings. The maximum absolute atomic E-state index is 13.5. The van der Waals surface area contributed by atoms with E-state index >= 15 is 0 Å². The third-order valence-corrected chi connectivity index (χ3v) is 7.99. The van der Waals surface area contributed by atoms with Crippen molar-refractivity contribution in [3.05, 3.63) is 62.1 Å². The number of anilines is 1. The number of carbonyl (C=O) groups is 2. The topological polar surface area (TPSA) is 86.8 Å². The molecule has 0 aliphatic heterocycles. The van der Waals surface area contributed by atoms with Gasteiger partial charge in [-0.3, -0.25) is 13.9 Å². The number of rotatable bonds is 10. The third kappa shape index (κ3) is 8.15. The van der Waals surface area contributed by atoms with Crippen molar-refractivity contribution < 1.29 is 18.0 Å². The van der Waals surface area contributed by atoms with Crippen LogP contribution in [0.5, 0.6) is 0 Å². The molecule has 192 valence electrons. The van der Waals surface area contributed by atoms with Crippen LogP contribution in [-0.2, 0) is 26.2 Å². The first kappa shape index (κ1) is 29.5. The summed E-state index contributed by atoms with van der Waals surface area (Å²) in [5.74, 6) is -0.965. The minimum Gasteiger partial charge on any atom is -0.352 e. The van der Waals surface area contributed by atoms with Gasteiger partial charge in [0.25, 0.3) is 0 Å². The molecule has 2 aromatic carbocycles. The van der Waals surface area contributed by atoms with Crippen LogP contribution in [0.3, 0.4) is 0 Å². The molecule has 2 rings (SSSR count). The van der Waals surface area contributed by atoms with E-state index in [0.29, 0.717) is 22.0 Å². The molecule has 0 saturated heterocycles. The highest BCUT2D eigenvalue weighted by molar-refractivity contribution is 7.92. The highest BCUT2D eigenvalue weighted by Crippen LogP contribution is 2.29. The molecule has 0 heterocycles. The van der Waals surface area contributed by atoms with E-state index in [1.54, 1.807) is 25.1 Å². The van der Waals surface area contributed by atoms with Gasteiger partial charge >= 0.3 is 0 Å². The van der Waals surface area contributed by atoms with Gasteiger partial charge < -0.3 is 10.2 Å². The monoisotopic (exact) mass is 581 g/mol. The Labute approximate surface area is 226 Å². The van der Waals surface area contributed by atoms with Crippen LogP contribution in [0, 0.1) is 0 Å². The summed E-state index contributed by atoms with van der Waals surface area (Å²) in [5, 5.41) is 3.88. The summed E-state index contributed by atoms with van der Waals surface area (Å²) < 4.78 is 26.1. The lowest BCUT2D eigenvalue weighted by Gasteiger charge is -2.32. The van der Waals surface area contributed by atoms with Gasteiger partial charge in [0.05, 0.1) is 32.0 Å². The highest BCUT2D eigenvalue weighted by atomic mass is 35.5. The van der Waals surface area contributed by atoms with Crippen molar-refractivity contribution in [2.45, 2.75) is 45.8 Å². The zero-order valence-electron chi connectivity index (χ0n) is 19.7. The standard InChI is InChI=1S/C23H27Cl4N3O4S/c1-5-14(2)28-23(32)15(3)29(12-16-6-8-18(24)20(26)10-16)22(31)13-30(35(4,33)34)17-7-9-19(25)21(27)11-17/h6-11,14-15H,5,12-13H2,1-4H3,(H,28,32)/t14-,15-/m1/s1. The van der Waals surface area contributed by atoms with Crippen LogP contribution in [0.15, 0.2) is 36.4 Å². The van der Waals surface area contributed by atoms with E-state index in [0.717, 1.165) is 10.6 Å². The predicted octanol–water partition coefficient (Wildman–Crippen LogP) is 5.40. The van der Waals surface area contributed by atoms with Crippen LogP contribution < -0.4 is 9.62 Å². The fraction of sp³-hybridized carbons (Fsp3) is 0.391. The van der Waals surface area contributed by atoms with Gasteiger partial charge in [0, 0.05) is 12.6 Å². The number of hydrogen-bond donors (Lipinski definition) is 1. The molecule has 0 bridgehead atoms. The fourth-order valence-corrected chi connectivity index (χ4v) is 4.59. The summed E-state index contributed by atoms with van der Waals surface area (Å²) in [6.07, 6.45) is 1.68. The van der Waals surface area contributed by atoms with E-state index in [2.05, 4.69) is 5.32 Å². The van der Waals surface area contributed by atoms with E-state index in [1.165, 1.54) is 23.1 Å². The summed E-state index contributed by atoms with van der Waals surface area (Å²) in [4.78, 5) is 27.7. The Morgan fingerprint density at radius 1 is 0.943 bits per heavy atom. The van der Waals surface area contributed by atoms with Gasteiger partial charge in [-0.2, -0.15) is 0 Å². The van der Waals surface area contributed by atoms with Gasteiger partial charge in [-0.25, -0.2) is 8.42 Å². The first-order valence-corrected chi connectivity index (χ1v) is 14.1. The predicted molar refractivity (Wildman–Crippen MR) is 143 cm³/mol. The molecule has 0 aromatic heterocycles. The molecule has 12 heteroatoms. The van der Waals surface area contributed by atoms with Crippen LogP contribution in [0.2, 0.25) is 20.1 Å². The van der Waals surface area contributed by atoms with Gasteiger partial charge in [-0.1, -0.05) is 59.4 Å². The molecule has 1 N–H and O–H groups in total. The van der Waals surface area contributed by atoms with Crippen molar-refractivity contribution in [2.75, 3.05) is 17.1 Å². The number of benzene rings is 2. The molecule has 2 aromatic rings. The zero-order valence-corrected chi connectivity index (χ0v) is 23.5. The fourth-order valence-electron chi connectivity index (χ4n) is 3.14. The highest BCUT2D eigenvalue weighted by Gasteiger charge is 2.30. The Morgan fingerprint density at radius 2 is 1.51 bits per heavy atom. The molecule has 0 aliphatic carbocycles. The second kappa shape index (κ2) is 12.5. The summed E-state index contributed by atoms with van der Waals surface area (Å²) in [6.45, 7) is 4.81. The lowest BCUT2D eigenvalue weighted by atomic mass is 10.1. The second-order valence-electron chi connectivity index (χ2n) is 8.13. The van der Waals surface area contributed by atoms with E-state index in [9.17, 15) is 18.0 Å². The summed E-state index contributed by atoms with van der Waals surface area (Å²) >= 11 is 24.2. The van der Waals surface area contributed by atoms with Crippen molar-refractivity contribution in [1.82, 2.24) is 10.2 Å². The van der Waals surface area contributed by atoms with Crippen molar-refractivity contribution in [3.8, 4) is 0 Å². The van der Waals surface area contributed by atoms with Gasteiger partial charge in [0.15, 0.2) is 0 Å². The van der Waals surface area contributed by atoms with Crippen LogP contribution in [0.1, 0.15) is 32.8 Å². The number of sulfonamides is 1. The smallest absolute Gasteiger partial charge is 0.244 e. The molecular formula is C23H27Cl4N3O4S. The molecule has 2 amide bonds. The minimum absolute atomic E-state index is 0.00376. The summed E-state index contributed by atoms with van der Waals surface area (Å²) in [6, 6.07) is 8.11. The Kier molecular flexibility index (Phi) is 10.5. The zero-order chi connectivity index (χ0) is 26.5. The van der Waals surface area contributed by atoms with Crippen molar-refractivity contribution in [2.24, 2.45) is 0 Å². The Bertz CT molecular complexity index is 1190. The third-order valence-electron chi connectivity index (χ3n) is 5.38. The number of amides is 2. The number of halogens is 4. The number of carbonyl (C=O) groups excluding carboxylic acids is 2. The van der Waals surface area contributed by atoms with Crippen molar-refractivity contribution in [3.63, 3.8) is 0 Å². The SMILES string of the molecule is CC[C@@H](C)NC(=O)[C@@H](C)N(Cc1ccc(Cl)c(Cl)c1)C(=O)CN(c1ccc(Cl)c(Cl)c1)S(C)(=O)=O. The normalized spacial score (nSPS) is 13.1. The molecule has 35 heavy (non-hydrogen) atoms. The number of nitrogens with one attached hydrogen (secondary N) is 1. The molecule has 7 nitrogen and oxygen atoms in total. The summed E-state index contributed by atoms with van der Waals surface area (Å²) in [5.41, 5.74) is 0.790. The first-order chi connectivity index (χ1) is 16.2. The van der Waals surface area contributed by atoms with E-state index in [4.69, 9.17) is 46.4 Å². The molecule has 0 radical (unpaired) electrons. The van der Waals surface area contributed by atoms with Crippen molar-refractivity contribution in [1.29, 1.82) is 0 Å². The van der Waals surface area contributed by atoms with Gasteiger partial charge in [-0.05, 0) is 56.2 Å². The Hall–Kier alpha value is -1.71. The average molecular weight is 583 g/mol. The van der Waals surface area contributed by atoms with E-state index < -0.39 is 28.5 Å². The van der Waals surface area contributed by atoms with Crippen molar-refractivity contribution >= 4 is 73.9 Å². The average Bonchev–Trinajstić information content (AvgIpc) is 2.78. The Morgan fingerprint density at radius 3 is 2.03 bits per heavy atom. The van der Waals surface area contributed by atoms with E-state index in [-0.39, 0.29) is 34.2 Å². The molecular weight excluding hydrogens is 556 g/mol. The lowest BCUT2D eigenvalue weighted by molar-refractivity contribution is -0.139. The molecule has 2 atom stereocenters. The number of hydrogen-bond acceptors (Lipinski definition) is 4. The Balaban J connectivity index is 2.43. The van der Waals surface area contributed by atoms with E-state index in [1.807, 2.05) is 13.8 Å². The van der Waals surface area contributed by atoms with Crippen LogP contribution in [0.25, 0.3) is 0 Å². The van der Waals surface area contributed by atoms with Gasteiger partial charge in [0.1, 0.15) is 12.6 Å². The summed E-state index contributed by atoms with van der Waals surface area (Å²) in [7, 11) is -3.89. The van der Waals surface area contributed by atoms with Gasteiger partial charge in [-0.15, -0.1) is 0 Å². The molecule has 0 fully saturated rings. The molecule has 0 saturated carbocycles. The number of nitrogens with zero attached hydrogens (tertiary/aromatic N) is 2. The molecule has 0 unspecified atom stereocenters. The largest absolute Gasteiger partial charge is 0.352 e. The van der Waals surface area contributed by atoms with Crippen LogP contribution in [-0.4, -0.2) is 50.0 Å². The first-order valence-electron chi connectivity index (χ1n) is 10.7. The maximum Gasteiger partial charge on any atom is 0.244 e. The quantitative estimate of drug-likeness (QED) is 0.406. The molecule has 0 spiro atoms.